The lowest BCUT2D eigenvalue weighted by Crippen LogP contribution is -2.22. The van der Waals surface area contributed by atoms with Gasteiger partial charge in [-0.1, -0.05) is 0 Å². The van der Waals surface area contributed by atoms with Crippen LogP contribution in [0.15, 0.2) is 0 Å². The highest BCUT2D eigenvalue weighted by molar-refractivity contribution is 7.48. The van der Waals surface area contributed by atoms with Gasteiger partial charge in [0, 0.05) is 0 Å². The van der Waals surface area contributed by atoms with E-state index < -0.39 is 39.9 Å². The van der Waals surface area contributed by atoms with Gasteiger partial charge in [-0.2, -0.15) is 39.5 Å². The first-order valence-electron chi connectivity index (χ1n) is 3.57. The molecular weight excluding hydrogens is 294 g/mol. The molecule has 0 atom stereocenters. The van der Waals surface area contributed by atoms with E-state index in [2.05, 4.69) is 9.05 Å². The Morgan fingerprint density at radius 1 is 0.647 bits per heavy atom. The van der Waals surface area contributed by atoms with Gasteiger partial charge in [-0.15, -0.1) is 0 Å². The quantitative estimate of drug-likeness (QED) is 0.577. The summed E-state index contributed by atoms with van der Waals surface area (Å²) in [7, 11) is -4.27. The van der Waals surface area contributed by atoms with Crippen molar-refractivity contribution in [3.8, 4) is 0 Å². The van der Waals surface area contributed by atoms with Crippen LogP contribution in [0, 0.1) is 0 Å². The minimum atomic E-state index is -5.42. The highest BCUT2D eigenvalue weighted by Gasteiger charge is 2.47. The molecule has 0 radical (unpaired) electrons. The maximum Gasteiger partial charge on any atom is 0.458 e. The maximum atomic E-state index is 11.9. The molecule has 0 saturated heterocycles. The van der Waals surface area contributed by atoms with Gasteiger partial charge < -0.3 is 9.05 Å². The Morgan fingerprint density at radius 2 is 0.941 bits per heavy atom. The van der Waals surface area contributed by atoms with Gasteiger partial charge in [0.2, 0.25) is 0 Å². The molecule has 0 aliphatic rings. The molecule has 0 heterocycles. The number of hydrogen-bond acceptors (Lipinski definition) is 2. The van der Waals surface area contributed by atoms with Crippen molar-refractivity contribution in [3.63, 3.8) is 0 Å². The summed E-state index contributed by atoms with van der Waals surface area (Å²) in [5.74, 6) is -5.42. The van der Waals surface area contributed by atoms with E-state index in [1.165, 1.54) is 0 Å². The van der Waals surface area contributed by atoms with Crippen LogP contribution in [-0.2, 0) is 9.05 Å². The highest BCUT2D eigenvalue weighted by atomic mass is 31.2. The lowest BCUT2D eigenvalue weighted by atomic mass is 10.7. The molecule has 17 heavy (non-hydrogen) atoms. The molecule has 0 saturated carbocycles. The summed E-state index contributed by atoms with van der Waals surface area (Å²) in [4.78, 5) is 0. The van der Waals surface area contributed by atoms with E-state index in [1.54, 1.807) is 0 Å². The SMILES string of the molecule is FC(F)(F)COP(OCC(F)(F)F)C(F)(F)F. The molecule has 0 aromatic heterocycles. The van der Waals surface area contributed by atoms with E-state index >= 15 is 0 Å². The van der Waals surface area contributed by atoms with Crippen LogP contribution in [0.3, 0.4) is 0 Å². The molecule has 0 unspecified atom stereocenters. The fraction of sp³-hybridized carbons (Fsp3) is 1.00. The molecule has 0 rings (SSSR count). The molecule has 12 heteroatoms. The molecule has 0 fully saturated rings. The molecule has 0 aromatic rings. The number of halogens is 9. The lowest BCUT2D eigenvalue weighted by Gasteiger charge is -2.20. The van der Waals surface area contributed by atoms with Gasteiger partial charge >= 0.3 is 18.3 Å². The lowest BCUT2D eigenvalue weighted by molar-refractivity contribution is -0.170. The molecule has 0 aliphatic heterocycles. The van der Waals surface area contributed by atoms with Gasteiger partial charge in [0.1, 0.15) is 13.2 Å². The van der Waals surface area contributed by atoms with E-state index in [9.17, 15) is 39.5 Å². The summed E-state index contributed by atoms with van der Waals surface area (Å²) in [5.41, 5.74) is 0. The second kappa shape index (κ2) is 5.57. The van der Waals surface area contributed by atoms with E-state index in [0.717, 1.165) is 0 Å². The molecule has 104 valence electrons. The molecule has 0 N–H and O–H groups in total. The number of alkyl halides is 9. The first-order chi connectivity index (χ1) is 7.31. The summed E-state index contributed by atoms with van der Waals surface area (Å²) in [6, 6.07) is 0. The maximum absolute atomic E-state index is 11.9. The van der Waals surface area contributed by atoms with E-state index in [1.807, 2.05) is 0 Å². The minimum Gasteiger partial charge on any atom is -0.318 e. The summed E-state index contributed by atoms with van der Waals surface area (Å²) < 4.78 is 111. The third-order valence-electron chi connectivity index (χ3n) is 0.898. The van der Waals surface area contributed by atoms with Crippen LogP contribution in [0.2, 0.25) is 0 Å². The zero-order valence-electron chi connectivity index (χ0n) is 7.58. The van der Waals surface area contributed by atoms with Crippen molar-refractivity contribution in [2.45, 2.75) is 18.3 Å². The molecular formula is C5H4F9O2P. The van der Waals surface area contributed by atoms with Gasteiger partial charge in [0.25, 0.3) is 8.38 Å². The first kappa shape index (κ1) is 16.7. The molecule has 0 aliphatic carbocycles. The topological polar surface area (TPSA) is 18.5 Å². The average Bonchev–Trinajstić information content (AvgIpc) is 1.96. The van der Waals surface area contributed by atoms with Crippen molar-refractivity contribution in [1.82, 2.24) is 0 Å². The van der Waals surface area contributed by atoms with Crippen LogP contribution in [0.25, 0.3) is 0 Å². The standard InChI is InChI=1S/C5H4F9O2P/c6-3(7,8)1-15-17(5(12,13)14)16-2-4(9,10)11/h1-2H2. The van der Waals surface area contributed by atoms with Gasteiger partial charge in [-0.3, -0.25) is 0 Å². The summed E-state index contributed by atoms with van der Waals surface area (Å²) >= 11 is 0. The van der Waals surface area contributed by atoms with Crippen LogP contribution >= 0.6 is 8.38 Å². The second-order valence-corrected chi connectivity index (χ2v) is 4.04. The average molecular weight is 298 g/mol. The predicted octanol–water partition coefficient (Wildman–Crippen LogP) is 3.98. The molecule has 0 spiro atoms. The third-order valence-corrected chi connectivity index (χ3v) is 2.04. The minimum absolute atomic E-state index is 2.34. The van der Waals surface area contributed by atoms with Crippen molar-refractivity contribution in [2.75, 3.05) is 13.2 Å². The zero-order valence-corrected chi connectivity index (χ0v) is 8.47. The van der Waals surface area contributed by atoms with E-state index in [0.29, 0.717) is 0 Å². The van der Waals surface area contributed by atoms with Crippen LogP contribution in [-0.4, -0.2) is 31.5 Å². The predicted molar refractivity (Wildman–Crippen MR) is 37.0 cm³/mol. The van der Waals surface area contributed by atoms with E-state index in [4.69, 9.17) is 0 Å². The van der Waals surface area contributed by atoms with Gasteiger partial charge in [0.05, 0.1) is 0 Å². The van der Waals surface area contributed by atoms with Crippen molar-refractivity contribution in [2.24, 2.45) is 0 Å². The molecule has 0 aromatic carbocycles. The molecule has 2 nitrogen and oxygen atoms in total. The second-order valence-electron chi connectivity index (χ2n) is 2.50. The Bertz CT molecular complexity index is 213. The summed E-state index contributed by atoms with van der Waals surface area (Å²) in [6.07, 6.45) is -10.2. The Hall–Kier alpha value is -0.280. The monoisotopic (exact) mass is 298 g/mol. The number of rotatable bonds is 4. The Morgan fingerprint density at radius 3 is 1.12 bits per heavy atom. The fourth-order valence-corrected chi connectivity index (χ4v) is 1.34. The van der Waals surface area contributed by atoms with Gasteiger partial charge in [0.15, 0.2) is 0 Å². The van der Waals surface area contributed by atoms with Crippen molar-refractivity contribution in [3.05, 3.63) is 0 Å². The third kappa shape index (κ3) is 9.42. The normalized spacial score (nSPS) is 14.5. The number of hydrogen-bond donors (Lipinski definition) is 0. The molecule has 0 bridgehead atoms. The van der Waals surface area contributed by atoms with Crippen LogP contribution in [0.5, 0.6) is 0 Å². The van der Waals surface area contributed by atoms with Crippen molar-refractivity contribution >= 4 is 8.38 Å². The molecule has 0 amide bonds. The Balaban J connectivity index is 4.37. The first-order valence-corrected chi connectivity index (χ1v) is 4.75. The largest absolute Gasteiger partial charge is 0.458 e. The van der Waals surface area contributed by atoms with Crippen molar-refractivity contribution < 1.29 is 48.6 Å². The summed E-state index contributed by atoms with van der Waals surface area (Å²) in [6.45, 7) is -4.67. The van der Waals surface area contributed by atoms with Gasteiger partial charge in [-0.25, -0.2) is 0 Å². The Kier molecular flexibility index (Phi) is 5.48. The zero-order chi connectivity index (χ0) is 13.9. The fourth-order valence-electron chi connectivity index (χ4n) is 0.447. The highest BCUT2D eigenvalue weighted by Crippen LogP contribution is 2.56. The smallest absolute Gasteiger partial charge is 0.318 e. The van der Waals surface area contributed by atoms with Crippen LogP contribution in [0.4, 0.5) is 39.5 Å². The van der Waals surface area contributed by atoms with E-state index in [-0.39, 0.29) is 0 Å². The van der Waals surface area contributed by atoms with Crippen molar-refractivity contribution in [1.29, 1.82) is 0 Å². The van der Waals surface area contributed by atoms with Crippen LogP contribution in [0.1, 0.15) is 0 Å². The van der Waals surface area contributed by atoms with Gasteiger partial charge in [-0.05, 0) is 0 Å². The summed E-state index contributed by atoms with van der Waals surface area (Å²) in [5, 5.41) is 0. The van der Waals surface area contributed by atoms with Crippen LogP contribution < -0.4 is 0 Å². The Labute approximate surface area is 89.6 Å².